The molecule has 0 amide bonds. The third-order valence-electron chi connectivity index (χ3n) is 2.38. The van der Waals surface area contributed by atoms with E-state index in [9.17, 15) is 9.90 Å². The lowest BCUT2D eigenvalue weighted by atomic mass is 10.0. The second-order valence-corrected chi connectivity index (χ2v) is 4.58. The summed E-state index contributed by atoms with van der Waals surface area (Å²) in [5.41, 5.74) is 6.32. The lowest BCUT2D eigenvalue weighted by molar-refractivity contribution is -0.143. The lowest BCUT2D eigenvalue weighted by Gasteiger charge is -2.15. The molecule has 1 aromatic rings. The first-order valence-electron chi connectivity index (χ1n) is 5.47. The fourth-order valence-corrected chi connectivity index (χ4v) is 2.00. The van der Waals surface area contributed by atoms with E-state index in [0.717, 1.165) is 0 Å². The van der Waals surface area contributed by atoms with Crippen LogP contribution in [0.4, 0.5) is 0 Å². The molecule has 5 nitrogen and oxygen atoms in total. The number of hydrogen-bond donors (Lipinski definition) is 2. The average molecular weight is 318 g/mol. The first-order chi connectivity index (χ1) is 8.49. The SMILES string of the molecule is CCOC(=O)C[C@H](N)c1cc(Br)cc(OC)c1O. The fourth-order valence-electron chi connectivity index (χ4n) is 1.54. The maximum Gasteiger partial charge on any atom is 0.307 e. The van der Waals surface area contributed by atoms with Crippen LogP contribution in [0.3, 0.4) is 0 Å². The van der Waals surface area contributed by atoms with Gasteiger partial charge >= 0.3 is 5.97 Å². The van der Waals surface area contributed by atoms with Gasteiger partial charge in [-0.25, -0.2) is 0 Å². The highest BCUT2D eigenvalue weighted by molar-refractivity contribution is 9.10. The third-order valence-corrected chi connectivity index (χ3v) is 2.84. The van der Waals surface area contributed by atoms with Gasteiger partial charge in [0.2, 0.25) is 0 Å². The van der Waals surface area contributed by atoms with Crippen molar-refractivity contribution in [2.24, 2.45) is 5.73 Å². The Kier molecular flexibility index (Phi) is 5.43. The predicted molar refractivity (Wildman–Crippen MR) is 70.5 cm³/mol. The Morgan fingerprint density at radius 3 is 2.78 bits per heavy atom. The van der Waals surface area contributed by atoms with Crippen molar-refractivity contribution >= 4 is 21.9 Å². The molecule has 0 spiro atoms. The zero-order valence-corrected chi connectivity index (χ0v) is 11.9. The van der Waals surface area contributed by atoms with E-state index < -0.39 is 12.0 Å². The Bertz CT molecular complexity index is 436. The second kappa shape index (κ2) is 6.61. The van der Waals surface area contributed by atoms with Crippen molar-refractivity contribution in [2.75, 3.05) is 13.7 Å². The number of methoxy groups -OCH3 is 1. The summed E-state index contributed by atoms with van der Waals surface area (Å²) in [6.45, 7) is 2.03. The normalized spacial score (nSPS) is 12.0. The van der Waals surface area contributed by atoms with E-state index >= 15 is 0 Å². The third kappa shape index (κ3) is 3.61. The van der Waals surface area contributed by atoms with Crippen molar-refractivity contribution in [3.05, 3.63) is 22.2 Å². The number of carbonyl (C=O) groups is 1. The number of phenols is 1. The number of aromatic hydroxyl groups is 1. The van der Waals surface area contributed by atoms with Crippen LogP contribution in [-0.2, 0) is 9.53 Å². The first-order valence-corrected chi connectivity index (χ1v) is 6.26. The average Bonchev–Trinajstić information content (AvgIpc) is 2.31. The summed E-state index contributed by atoms with van der Waals surface area (Å²) < 4.78 is 10.5. The van der Waals surface area contributed by atoms with E-state index in [1.807, 2.05) is 0 Å². The van der Waals surface area contributed by atoms with Crippen molar-refractivity contribution in [1.82, 2.24) is 0 Å². The molecule has 0 bridgehead atoms. The molecule has 0 saturated carbocycles. The van der Waals surface area contributed by atoms with E-state index in [0.29, 0.717) is 22.4 Å². The molecular weight excluding hydrogens is 302 g/mol. The first kappa shape index (κ1) is 14.8. The number of ether oxygens (including phenoxy) is 2. The van der Waals surface area contributed by atoms with Crippen LogP contribution in [0, 0.1) is 0 Å². The Labute approximate surface area is 114 Å². The number of rotatable bonds is 5. The van der Waals surface area contributed by atoms with Crippen molar-refractivity contribution in [1.29, 1.82) is 0 Å². The number of benzene rings is 1. The molecule has 1 aromatic carbocycles. The molecule has 0 aromatic heterocycles. The van der Waals surface area contributed by atoms with Gasteiger partial charge in [-0.3, -0.25) is 4.79 Å². The Morgan fingerprint density at radius 2 is 2.22 bits per heavy atom. The zero-order chi connectivity index (χ0) is 13.7. The summed E-state index contributed by atoms with van der Waals surface area (Å²) in [6, 6.07) is 2.63. The Balaban J connectivity index is 2.94. The van der Waals surface area contributed by atoms with Gasteiger partial charge in [0.15, 0.2) is 11.5 Å². The van der Waals surface area contributed by atoms with Gasteiger partial charge in [0.25, 0.3) is 0 Å². The van der Waals surface area contributed by atoms with Crippen LogP contribution in [0.25, 0.3) is 0 Å². The second-order valence-electron chi connectivity index (χ2n) is 3.66. The number of hydrogen-bond acceptors (Lipinski definition) is 5. The van der Waals surface area contributed by atoms with Crippen molar-refractivity contribution < 1.29 is 19.4 Å². The van der Waals surface area contributed by atoms with Gasteiger partial charge in [-0.1, -0.05) is 15.9 Å². The smallest absolute Gasteiger partial charge is 0.307 e. The minimum absolute atomic E-state index is 0.001000. The number of phenolic OH excluding ortho intramolecular Hbond substituents is 1. The van der Waals surface area contributed by atoms with Crippen LogP contribution in [0.15, 0.2) is 16.6 Å². The van der Waals surface area contributed by atoms with E-state index in [2.05, 4.69) is 15.9 Å². The molecule has 0 heterocycles. The molecular formula is C12H16BrNO4. The van der Waals surface area contributed by atoms with Crippen molar-refractivity contribution in [3.63, 3.8) is 0 Å². The minimum atomic E-state index is -0.643. The lowest BCUT2D eigenvalue weighted by Crippen LogP contribution is -2.17. The summed E-state index contributed by atoms with van der Waals surface area (Å²) in [5, 5.41) is 9.95. The van der Waals surface area contributed by atoms with Gasteiger partial charge in [-0.15, -0.1) is 0 Å². The minimum Gasteiger partial charge on any atom is -0.504 e. The highest BCUT2D eigenvalue weighted by Crippen LogP contribution is 2.37. The number of carbonyl (C=O) groups excluding carboxylic acids is 1. The summed E-state index contributed by atoms with van der Waals surface area (Å²) in [4.78, 5) is 11.4. The molecule has 0 aliphatic heterocycles. The fraction of sp³-hybridized carbons (Fsp3) is 0.417. The Hall–Kier alpha value is -1.27. The molecule has 3 N–H and O–H groups in total. The topological polar surface area (TPSA) is 81.8 Å². The van der Waals surface area contributed by atoms with Crippen molar-refractivity contribution in [2.45, 2.75) is 19.4 Å². The molecule has 0 fully saturated rings. The van der Waals surface area contributed by atoms with Crippen LogP contribution in [0.1, 0.15) is 24.9 Å². The standard InChI is InChI=1S/C12H16BrNO4/c1-3-18-11(15)6-9(14)8-4-7(13)5-10(17-2)12(8)16/h4-5,9,16H,3,6,14H2,1-2H3/t9-/m0/s1. The number of halogens is 1. The maximum absolute atomic E-state index is 11.4. The number of esters is 1. The van der Waals surface area contributed by atoms with Crippen LogP contribution >= 0.6 is 15.9 Å². The number of nitrogens with two attached hydrogens (primary N) is 1. The summed E-state index contributed by atoms with van der Waals surface area (Å²) in [5.74, 6) is -0.153. The molecule has 0 unspecified atom stereocenters. The molecule has 100 valence electrons. The van der Waals surface area contributed by atoms with Crippen molar-refractivity contribution in [3.8, 4) is 11.5 Å². The molecule has 6 heteroatoms. The summed E-state index contributed by atoms with van der Waals surface area (Å²) >= 11 is 3.29. The van der Waals surface area contributed by atoms with E-state index in [1.165, 1.54) is 7.11 Å². The summed E-state index contributed by atoms with van der Waals surface area (Å²) in [7, 11) is 1.45. The van der Waals surface area contributed by atoms with Gasteiger partial charge in [-0.05, 0) is 19.1 Å². The summed E-state index contributed by atoms with van der Waals surface area (Å²) in [6.07, 6.45) is 0.001000. The van der Waals surface area contributed by atoms with Gasteiger partial charge in [0.05, 0.1) is 20.1 Å². The Morgan fingerprint density at radius 1 is 1.56 bits per heavy atom. The van der Waals surface area contributed by atoms with Crippen LogP contribution in [-0.4, -0.2) is 24.8 Å². The molecule has 18 heavy (non-hydrogen) atoms. The highest BCUT2D eigenvalue weighted by atomic mass is 79.9. The van der Waals surface area contributed by atoms with E-state index in [1.54, 1.807) is 19.1 Å². The highest BCUT2D eigenvalue weighted by Gasteiger charge is 2.19. The van der Waals surface area contributed by atoms with Crippen LogP contribution in [0.5, 0.6) is 11.5 Å². The largest absolute Gasteiger partial charge is 0.504 e. The monoisotopic (exact) mass is 317 g/mol. The van der Waals surface area contributed by atoms with Crippen LogP contribution in [0.2, 0.25) is 0 Å². The maximum atomic E-state index is 11.4. The van der Waals surface area contributed by atoms with Gasteiger partial charge < -0.3 is 20.3 Å². The molecule has 1 atom stereocenters. The van der Waals surface area contributed by atoms with Gasteiger partial charge in [0, 0.05) is 16.1 Å². The van der Waals surface area contributed by atoms with Gasteiger partial charge in [0.1, 0.15) is 0 Å². The molecule has 1 rings (SSSR count). The zero-order valence-electron chi connectivity index (χ0n) is 10.3. The van der Waals surface area contributed by atoms with Crippen LogP contribution < -0.4 is 10.5 Å². The van der Waals surface area contributed by atoms with E-state index in [-0.39, 0.29) is 12.2 Å². The van der Waals surface area contributed by atoms with Gasteiger partial charge in [-0.2, -0.15) is 0 Å². The molecule has 0 saturated heterocycles. The van der Waals surface area contributed by atoms with E-state index in [4.69, 9.17) is 15.2 Å². The molecule has 0 radical (unpaired) electrons. The molecule has 0 aliphatic rings. The molecule has 0 aliphatic carbocycles. The predicted octanol–water partition coefficient (Wildman–Crippen LogP) is 2.12. The quantitative estimate of drug-likeness (QED) is 0.813.